The predicted molar refractivity (Wildman–Crippen MR) is 119 cm³/mol. The van der Waals surface area contributed by atoms with Gasteiger partial charge < -0.3 is 24.4 Å². The number of pyridine rings is 1. The molecule has 1 aromatic carbocycles. The molecule has 0 saturated carbocycles. The highest BCUT2D eigenvalue weighted by Gasteiger charge is 2.38. The first-order valence-electron chi connectivity index (χ1n) is 9.96. The molecule has 3 heterocycles. The Morgan fingerprint density at radius 3 is 2.78 bits per heavy atom. The molecule has 2 aromatic heterocycles. The van der Waals surface area contributed by atoms with Crippen LogP contribution in [0.3, 0.4) is 0 Å². The fraction of sp³-hybridized carbons (Fsp3) is 0.333. The number of anilines is 1. The second-order valence-corrected chi connectivity index (χ2v) is 8.19. The Balaban J connectivity index is 1.77. The van der Waals surface area contributed by atoms with Gasteiger partial charge in [0.15, 0.2) is 6.10 Å². The number of imidazole rings is 1. The highest BCUT2D eigenvalue weighted by atomic mass is 35.5. The van der Waals surface area contributed by atoms with Gasteiger partial charge in [-0.05, 0) is 25.0 Å². The monoisotopic (exact) mass is 478 g/mol. The zero-order valence-electron chi connectivity index (χ0n) is 16.8. The Bertz CT molecular complexity index is 1150. The van der Waals surface area contributed by atoms with Crippen LogP contribution in [0.1, 0.15) is 19.3 Å². The van der Waals surface area contributed by atoms with Gasteiger partial charge in [0, 0.05) is 30.4 Å². The van der Waals surface area contributed by atoms with Crippen molar-refractivity contribution < 1.29 is 24.5 Å². The van der Waals surface area contributed by atoms with Crippen molar-refractivity contribution in [3.05, 3.63) is 47.0 Å². The first-order chi connectivity index (χ1) is 15.4. The van der Waals surface area contributed by atoms with Gasteiger partial charge in [-0.3, -0.25) is 4.79 Å². The summed E-state index contributed by atoms with van der Waals surface area (Å²) in [5, 5.41) is 20.0. The second-order valence-electron chi connectivity index (χ2n) is 7.40. The Kier molecular flexibility index (Phi) is 6.50. The molecule has 3 aromatic rings. The largest absolute Gasteiger partial charge is 0.481 e. The van der Waals surface area contributed by atoms with Crippen molar-refractivity contribution >= 4 is 51.9 Å². The maximum absolute atomic E-state index is 11.9. The van der Waals surface area contributed by atoms with E-state index in [1.165, 1.54) is 0 Å². The number of ether oxygens (including phenoxy) is 1. The van der Waals surface area contributed by atoms with Crippen molar-refractivity contribution in [2.75, 3.05) is 18.1 Å². The molecule has 0 radical (unpaired) electrons. The van der Waals surface area contributed by atoms with E-state index >= 15 is 0 Å². The van der Waals surface area contributed by atoms with Gasteiger partial charge in [0.05, 0.1) is 46.6 Å². The first-order valence-corrected chi connectivity index (χ1v) is 10.7. The number of carboxylic acid groups (broad SMARTS) is 2. The summed E-state index contributed by atoms with van der Waals surface area (Å²) in [5.41, 5.74) is 1.26. The summed E-state index contributed by atoms with van der Waals surface area (Å²) in [6, 6.07) is 4.86. The molecule has 9 nitrogen and oxygen atoms in total. The summed E-state index contributed by atoms with van der Waals surface area (Å²) in [6.45, 7) is 0.375. The summed E-state index contributed by atoms with van der Waals surface area (Å²) in [4.78, 5) is 33.5. The van der Waals surface area contributed by atoms with Crippen LogP contribution >= 0.6 is 23.2 Å². The van der Waals surface area contributed by atoms with Crippen LogP contribution in [0.15, 0.2) is 36.9 Å². The minimum Gasteiger partial charge on any atom is -0.481 e. The lowest BCUT2D eigenvalue weighted by Crippen LogP contribution is -2.45. The molecule has 1 unspecified atom stereocenters. The lowest BCUT2D eigenvalue weighted by molar-refractivity contribution is -0.154. The van der Waals surface area contributed by atoms with Gasteiger partial charge in [-0.15, -0.1) is 0 Å². The van der Waals surface area contributed by atoms with Crippen molar-refractivity contribution in [1.82, 2.24) is 14.5 Å². The summed E-state index contributed by atoms with van der Waals surface area (Å²) in [5.74, 6) is -1.67. The minimum atomic E-state index is -1.19. The number of carbonyl (C=O) groups is 2. The van der Waals surface area contributed by atoms with Crippen molar-refractivity contribution in [2.45, 2.75) is 31.4 Å². The van der Waals surface area contributed by atoms with Gasteiger partial charge >= 0.3 is 11.9 Å². The molecule has 168 valence electrons. The third kappa shape index (κ3) is 4.36. The number of hydrogen-bond donors (Lipinski definition) is 2. The fourth-order valence-electron chi connectivity index (χ4n) is 3.98. The fourth-order valence-corrected chi connectivity index (χ4v) is 4.34. The number of benzene rings is 1. The molecule has 0 aliphatic carbocycles. The average Bonchev–Trinajstić information content (AvgIpc) is 3.45. The van der Waals surface area contributed by atoms with Crippen LogP contribution in [0.5, 0.6) is 0 Å². The SMILES string of the molecule is O=C(O)CCOC(C(=O)O)[C@@H]1CCCN1c1cc(-n2ccnc2)c2ccc(Cl)c(Cl)c2n1. The number of rotatable bonds is 8. The maximum Gasteiger partial charge on any atom is 0.334 e. The van der Waals surface area contributed by atoms with Gasteiger partial charge in [0.25, 0.3) is 0 Å². The molecule has 0 spiro atoms. The molecule has 0 amide bonds. The molecule has 1 saturated heterocycles. The van der Waals surface area contributed by atoms with E-state index in [1.807, 2.05) is 21.6 Å². The number of hydrogen-bond acceptors (Lipinski definition) is 6. The van der Waals surface area contributed by atoms with E-state index in [0.29, 0.717) is 34.3 Å². The standard InChI is InChI=1S/C21H20Cl2N4O5/c22-13-4-3-12-15(26-8-6-24-11-26)10-16(25-19(12)18(13)23)27-7-1-2-14(27)20(21(30)31)32-9-5-17(28)29/h3-4,6,8,10-11,14,20H,1-2,5,7,9H2,(H,28,29)(H,30,31)/t14-,20?/m0/s1. The summed E-state index contributed by atoms with van der Waals surface area (Å²) < 4.78 is 7.29. The Labute approximate surface area is 193 Å². The van der Waals surface area contributed by atoms with E-state index in [4.69, 9.17) is 38.0 Å². The molecule has 0 bridgehead atoms. The van der Waals surface area contributed by atoms with Crippen molar-refractivity contribution in [1.29, 1.82) is 0 Å². The highest BCUT2D eigenvalue weighted by molar-refractivity contribution is 6.45. The van der Waals surface area contributed by atoms with Crippen molar-refractivity contribution in [3.63, 3.8) is 0 Å². The van der Waals surface area contributed by atoms with Gasteiger partial charge in [-0.2, -0.15) is 0 Å². The van der Waals surface area contributed by atoms with E-state index in [1.54, 1.807) is 24.8 Å². The number of fused-ring (bicyclic) bond motifs is 1. The number of aromatic nitrogens is 3. The third-order valence-corrected chi connectivity index (χ3v) is 6.21. The molecule has 32 heavy (non-hydrogen) atoms. The van der Waals surface area contributed by atoms with Gasteiger partial charge in [-0.1, -0.05) is 23.2 Å². The smallest absolute Gasteiger partial charge is 0.334 e. The van der Waals surface area contributed by atoms with Gasteiger partial charge in [0.1, 0.15) is 5.82 Å². The maximum atomic E-state index is 11.9. The van der Waals surface area contributed by atoms with E-state index < -0.39 is 24.1 Å². The Hall–Kier alpha value is -2.88. The number of carboxylic acids is 2. The Morgan fingerprint density at radius 1 is 1.28 bits per heavy atom. The molecule has 1 fully saturated rings. The van der Waals surface area contributed by atoms with Crippen LogP contribution in [-0.4, -0.2) is 62.0 Å². The van der Waals surface area contributed by atoms with Crippen LogP contribution in [0.2, 0.25) is 10.0 Å². The summed E-state index contributed by atoms with van der Waals surface area (Å²) >= 11 is 12.7. The first kappa shape index (κ1) is 22.3. The van der Waals surface area contributed by atoms with Crippen molar-refractivity contribution in [2.24, 2.45) is 0 Å². The Morgan fingerprint density at radius 2 is 2.09 bits per heavy atom. The van der Waals surface area contributed by atoms with Crippen LogP contribution in [-0.2, 0) is 14.3 Å². The molecular formula is C21H20Cl2N4O5. The lowest BCUT2D eigenvalue weighted by atomic mass is 10.1. The normalized spacial score (nSPS) is 17.1. The van der Waals surface area contributed by atoms with Gasteiger partial charge in [0.2, 0.25) is 0 Å². The van der Waals surface area contributed by atoms with Crippen LogP contribution in [0.4, 0.5) is 5.82 Å². The minimum absolute atomic E-state index is 0.191. The predicted octanol–water partition coefficient (Wildman–Crippen LogP) is 3.64. The van der Waals surface area contributed by atoms with E-state index in [0.717, 1.165) is 17.5 Å². The quantitative estimate of drug-likeness (QED) is 0.503. The average molecular weight is 479 g/mol. The number of aliphatic carboxylic acids is 2. The van der Waals surface area contributed by atoms with Crippen LogP contribution in [0, 0.1) is 0 Å². The molecular weight excluding hydrogens is 459 g/mol. The third-order valence-electron chi connectivity index (χ3n) is 5.42. The lowest BCUT2D eigenvalue weighted by Gasteiger charge is -2.30. The van der Waals surface area contributed by atoms with Crippen LogP contribution in [0.25, 0.3) is 16.6 Å². The molecule has 2 N–H and O–H groups in total. The molecule has 1 aliphatic heterocycles. The summed E-state index contributed by atoms with van der Waals surface area (Å²) in [6.07, 6.45) is 4.92. The number of halogens is 2. The second kappa shape index (κ2) is 9.32. The molecule has 11 heteroatoms. The van der Waals surface area contributed by atoms with E-state index in [9.17, 15) is 14.7 Å². The van der Waals surface area contributed by atoms with Crippen LogP contribution < -0.4 is 4.90 Å². The highest BCUT2D eigenvalue weighted by Crippen LogP contribution is 2.37. The van der Waals surface area contributed by atoms with Gasteiger partial charge in [-0.25, -0.2) is 14.8 Å². The number of nitrogens with zero attached hydrogens (tertiary/aromatic N) is 4. The van der Waals surface area contributed by atoms with E-state index in [-0.39, 0.29) is 13.0 Å². The van der Waals surface area contributed by atoms with Crippen molar-refractivity contribution in [3.8, 4) is 5.69 Å². The topological polar surface area (TPSA) is 118 Å². The molecule has 2 atom stereocenters. The zero-order valence-corrected chi connectivity index (χ0v) is 18.3. The molecule has 1 aliphatic rings. The van der Waals surface area contributed by atoms with E-state index in [2.05, 4.69) is 4.98 Å². The summed E-state index contributed by atoms with van der Waals surface area (Å²) in [7, 11) is 0. The zero-order chi connectivity index (χ0) is 22.8. The molecule has 4 rings (SSSR count).